The fourth-order valence-corrected chi connectivity index (χ4v) is 5.25. The molecule has 160 valence electrons. The third-order valence-electron chi connectivity index (χ3n) is 4.89. The summed E-state index contributed by atoms with van der Waals surface area (Å²) in [6.45, 7) is 2.29. The van der Waals surface area contributed by atoms with Crippen LogP contribution in [0.5, 0.6) is 5.75 Å². The van der Waals surface area contributed by atoms with Gasteiger partial charge in [-0.2, -0.15) is 0 Å². The Morgan fingerprint density at radius 1 is 1.22 bits per heavy atom. The fraction of sp³-hybridized carbons (Fsp3) is 0.130. The van der Waals surface area contributed by atoms with Crippen LogP contribution in [0.25, 0.3) is 16.6 Å². The molecular weight excluding hydrogens is 462 g/mol. The molecule has 0 aliphatic rings. The van der Waals surface area contributed by atoms with Crippen molar-refractivity contribution in [1.82, 2.24) is 24.5 Å². The molecule has 4 aromatic heterocycles. The lowest BCUT2D eigenvalue weighted by Crippen LogP contribution is -2.02. The first-order chi connectivity index (χ1) is 15.7. The second kappa shape index (κ2) is 9.28. The minimum atomic E-state index is 0.315. The monoisotopic (exact) mass is 479 g/mol. The van der Waals surface area contributed by atoms with Gasteiger partial charge in [0, 0.05) is 57.5 Å². The SMILES string of the molecule is Cc1cc(-n2ccnc2)c2cccc(OCc3c(Cl)cncc3SCc3cscn3)c2n1. The van der Waals surface area contributed by atoms with E-state index in [4.69, 9.17) is 21.3 Å². The maximum atomic E-state index is 6.50. The van der Waals surface area contributed by atoms with Crippen LogP contribution in [-0.4, -0.2) is 24.5 Å². The number of benzene rings is 1. The first-order valence-corrected chi connectivity index (χ1v) is 12.1. The van der Waals surface area contributed by atoms with Crippen LogP contribution in [0.4, 0.5) is 0 Å². The molecule has 1 aromatic carbocycles. The standard InChI is InChI=1S/C23H18ClN5OS2/c1-15-7-20(29-6-5-25-13-29)17-3-2-4-21(23(17)28-15)30-10-18-19(24)8-26-9-22(18)32-12-16-11-31-14-27-16/h2-9,11,13-14H,10,12H2,1H3. The van der Waals surface area contributed by atoms with Crippen molar-refractivity contribution in [3.8, 4) is 11.4 Å². The topological polar surface area (TPSA) is 65.7 Å². The first-order valence-electron chi connectivity index (χ1n) is 9.83. The summed E-state index contributed by atoms with van der Waals surface area (Å²) in [6, 6.07) is 7.99. The Morgan fingerprint density at radius 2 is 2.16 bits per heavy atom. The zero-order valence-corrected chi connectivity index (χ0v) is 19.5. The summed E-state index contributed by atoms with van der Waals surface area (Å²) in [7, 11) is 0. The van der Waals surface area contributed by atoms with Crippen LogP contribution in [0.1, 0.15) is 17.0 Å². The predicted molar refractivity (Wildman–Crippen MR) is 129 cm³/mol. The van der Waals surface area contributed by atoms with Crippen molar-refractivity contribution >= 4 is 45.6 Å². The maximum absolute atomic E-state index is 6.50. The molecule has 0 amide bonds. The summed E-state index contributed by atoms with van der Waals surface area (Å²) < 4.78 is 8.24. The highest BCUT2D eigenvalue weighted by Crippen LogP contribution is 2.33. The molecule has 0 saturated carbocycles. The van der Waals surface area contributed by atoms with Crippen molar-refractivity contribution in [3.63, 3.8) is 0 Å². The van der Waals surface area contributed by atoms with Crippen LogP contribution in [0, 0.1) is 6.92 Å². The van der Waals surface area contributed by atoms with E-state index in [0.717, 1.165) is 44.2 Å². The molecule has 32 heavy (non-hydrogen) atoms. The van der Waals surface area contributed by atoms with E-state index in [1.165, 1.54) is 0 Å². The molecule has 0 atom stereocenters. The molecule has 0 N–H and O–H groups in total. The Bertz CT molecular complexity index is 1360. The summed E-state index contributed by atoms with van der Waals surface area (Å²) >= 11 is 9.74. The highest BCUT2D eigenvalue weighted by Gasteiger charge is 2.14. The number of fused-ring (bicyclic) bond motifs is 1. The van der Waals surface area contributed by atoms with Crippen LogP contribution < -0.4 is 4.74 Å². The van der Waals surface area contributed by atoms with E-state index in [2.05, 4.69) is 15.0 Å². The largest absolute Gasteiger partial charge is 0.487 e. The normalized spacial score (nSPS) is 11.2. The summed E-state index contributed by atoms with van der Waals surface area (Å²) in [5.41, 5.74) is 6.49. The van der Waals surface area contributed by atoms with Crippen molar-refractivity contribution in [2.45, 2.75) is 24.2 Å². The molecule has 0 aliphatic heterocycles. The predicted octanol–water partition coefficient (Wildman–Crippen LogP) is 6.11. The smallest absolute Gasteiger partial charge is 0.146 e. The van der Waals surface area contributed by atoms with Crippen molar-refractivity contribution < 1.29 is 4.74 Å². The van der Waals surface area contributed by atoms with E-state index in [9.17, 15) is 0 Å². The number of ether oxygens (including phenoxy) is 1. The molecule has 4 heterocycles. The number of pyridine rings is 2. The Labute approximate surface area is 198 Å². The Balaban J connectivity index is 1.45. The van der Waals surface area contributed by atoms with Crippen LogP contribution in [-0.2, 0) is 12.4 Å². The Hall–Kier alpha value is -2.94. The quantitative estimate of drug-likeness (QED) is 0.262. The van der Waals surface area contributed by atoms with Gasteiger partial charge in [-0.1, -0.05) is 23.7 Å². The summed E-state index contributed by atoms with van der Waals surface area (Å²) in [4.78, 5) is 18.5. The molecule has 9 heteroatoms. The lowest BCUT2D eigenvalue weighted by molar-refractivity contribution is 0.306. The lowest BCUT2D eigenvalue weighted by Gasteiger charge is -2.15. The minimum Gasteiger partial charge on any atom is -0.487 e. The van der Waals surface area contributed by atoms with E-state index >= 15 is 0 Å². The van der Waals surface area contributed by atoms with E-state index in [1.54, 1.807) is 41.8 Å². The first kappa shape index (κ1) is 20.9. The molecule has 0 bridgehead atoms. The van der Waals surface area contributed by atoms with E-state index in [-0.39, 0.29) is 0 Å². The third kappa shape index (κ3) is 4.34. The number of hydrogen-bond donors (Lipinski definition) is 0. The Kier molecular flexibility index (Phi) is 6.07. The number of thioether (sulfide) groups is 1. The number of aryl methyl sites for hydroxylation is 1. The highest BCUT2D eigenvalue weighted by molar-refractivity contribution is 7.98. The molecular formula is C23H18ClN5OS2. The number of thiazole rings is 1. The van der Waals surface area contributed by atoms with E-state index in [1.807, 2.05) is 59.0 Å². The van der Waals surface area contributed by atoms with Gasteiger partial charge in [-0.3, -0.25) is 4.98 Å². The maximum Gasteiger partial charge on any atom is 0.146 e. The minimum absolute atomic E-state index is 0.315. The number of rotatable bonds is 7. The summed E-state index contributed by atoms with van der Waals surface area (Å²) in [6.07, 6.45) is 8.94. The average molecular weight is 480 g/mol. The van der Waals surface area contributed by atoms with Crippen LogP contribution in [0.2, 0.25) is 5.02 Å². The van der Waals surface area contributed by atoms with E-state index in [0.29, 0.717) is 17.4 Å². The number of imidazole rings is 1. The van der Waals surface area contributed by atoms with Gasteiger partial charge in [-0.05, 0) is 19.1 Å². The second-order valence-corrected chi connectivity index (χ2v) is 9.20. The van der Waals surface area contributed by atoms with Crippen LogP contribution in [0.3, 0.4) is 0 Å². The van der Waals surface area contributed by atoms with Crippen molar-refractivity contribution in [2.24, 2.45) is 0 Å². The van der Waals surface area contributed by atoms with Crippen LogP contribution >= 0.6 is 34.7 Å². The van der Waals surface area contributed by atoms with Crippen LogP contribution in [0.15, 0.2) is 71.2 Å². The molecule has 0 aliphatic carbocycles. The van der Waals surface area contributed by atoms with Crippen molar-refractivity contribution in [1.29, 1.82) is 0 Å². The highest BCUT2D eigenvalue weighted by atomic mass is 35.5. The van der Waals surface area contributed by atoms with Gasteiger partial charge in [0.05, 0.1) is 28.2 Å². The molecule has 5 rings (SSSR count). The molecule has 0 unspecified atom stereocenters. The van der Waals surface area contributed by atoms with Gasteiger partial charge in [-0.25, -0.2) is 15.0 Å². The number of para-hydroxylation sites is 1. The molecule has 5 aromatic rings. The number of halogens is 1. The lowest BCUT2D eigenvalue weighted by atomic mass is 10.1. The number of nitrogens with zero attached hydrogens (tertiary/aromatic N) is 5. The molecule has 0 spiro atoms. The zero-order valence-electron chi connectivity index (χ0n) is 17.1. The van der Waals surface area contributed by atoms with Crippen molar-refractivity contribution in [3.05, 3.63) is 88.2 Å². The van der Waals surface area contributed by atoms with Gasteiger partial charge in [0.25, 0.3) is 0 Å². The van der Waals surface area contributed by atoms with Gasteiger partial charge in [-0.15, -0.1) is 23.1 Å². The molecule has 0 saturated heterocycles. The molecule has 0 fully saturated rings. The van der Waals surface area contributed by atoms with E-state index < -0.39 is 0 Å². The average Bonchev–Trinajstić information content (AvgIpc) is 3.51. The van der Waals surface area contributed by atoms with Gasteiger partial charge in [0.15, 0.2) is 0 Å². The summed E-state index contributed by atoms with van der Waals surface area (Å²) in [5, 5.41) is 3.62. The molecule has 6 nitrogen and oxygen atoms in total. The third-order valence-corrected chi connectivity index (χ3v) is 6.95. The molecule has 0 radical (unpaired) electrons. The fourth-order valence-electron chi connectivity index (χ4n) is 3.38. The number of aromatic nitrogens is 5. The Morgan fingerprint density at radius 3 is 2.97 bits per heavy atom. The van der Waals surface area contributed by atoms with Gasteiger partial charge < -0.3 is 9.30 Å². The van der Waals surface area contributed by atoms with Gasteiger partial charge in [0.2, 0.25) is 0 Å². The second-order valence-electron chi connectivity index (χ2n) is 7.06. The van der Waals surface area contributed by atoms with Crippen molar-refractivity contribution in [2.75, 3.05) is 0 Å². The van der Waals surface area contributed by atoms with Gasteiger partial charge >= 0.3 is 0 Å². The number of hydrogen-bond acceptors (Lipinski definition) is 7. The summed E-state index contributed by atoms with van der Waals surface area (Å²) in [5.74, 6) is 1.46. The van der Waals surface area contributed by atoms with Gasteiger partial charge in [0.1, 0.15) is 17.9 Å². The zero-order chi connectivity index (χ0) is 21.9.